The van der Waals surface area contributed by atoms with E-state index in [0.717, 1.165) is 0 Å². The highest BCUT2D eigenvalue weighted by molar-refractivity contribution is 7.93. The van der Waals surface area contributed by atoms with Crippen LogP contribution < -0.4 is 10.0 Å². The van der Waals surface area contributed by atoms with Gasteiger partial charge in [-0.3, -0.25) is 9.71 Å². The van der Waals surface area contributed by atoms with Gasteiger partial charge in [0.1, 0.15) is 5.60 Å². The zero-order valence-corrected chi connectivity index (χ0v) is 16.4. The molecule has 1 aliphatic carbocycles. The van der Waals surface area contributed by atoms with Crippen molar-refractivity contribution in [3.63, 3.8) is 0 Å². The second-order valence-corrected chi connectivity index (χ2v) is 9.13. The van der Waals surface area contributed by atoms with E-state index in [4.69, 9.17) is 9.47 Å². The highest BCUT2D eigenvalue weighted by Gasteiger charge is 2.35. The minimum atomic E-state index is -3.37. The van der Waals surface area contributed by atoms with Crippen molar-refractivity contribution in [2.75, 3.05) is 17.9 Å². The molecule has 26 heavy (non-hydrogen) atoms. The Morgan fingerprint density at radius 1 is 1.38 bits per heavy atom. The second-order valence-electron chi connectivity index (χ2n) is 7.17. The van der Waals surface area contributed by atoms with Crippen LogP contribution in [-0.2, 0) is 19.5 Å². The fourth-order valence-corrected chi connectivity index (χ4v) is 3.59. The van der Waals surface area contributed by atoms with Crippen LogP contribution in [0.4, 0.5) is 10.5 Å². The van der Waals surface area contributed by atoms with Gasteiger partial charge in [-0.2, -0.15) is 0 Å². The number of ether oxygens (including phenoxy) is 2. The van der Waals surface area contributed by atoms with Gasteiger partial charge in [0.05, 0.1) is 29.3 Å². The van der Waals surface area contributed by atoms with Crippen LogP contribution in [0.15, 0.2) is 18.3 Å². The van der Waals surface area contributed by atoms with E-state index in [2.05, 4.69) is 15.0 Å². The fourth-order valence-electron chi connectivity index (χ4n) is 2.21. The molecule has 0 bridgehead atoms. The average Bonchev–Trinajstić information content (AvgIpc) is 3.34. The number of alkyl carbamates (subject to hydrolysis) is 1. The molecular weight excluding hydrogens is 358 g/mol. The Morgan fingerprint density at radius 3 is 2.65 bits per heavy atom. The molecule has 2 rings (SSSR count). The molecule has 9 heteroatoms. The van der Waals surface area contributed by atoms with Gasteiger partial charge in [-0.15, -0.1) is 0 Å². The maximum absolute atomic E-state index is 12.1. The van der Waals surface area contributed by atoms with Crippen LogP contribution >= 0.6 is 0 Å². The molecule has 1 amide bonds. The van der Waals surface area contributed by atoms with Crippen LogP contribution in [0, 0.1) is 0 Å². The van der Waals surface area contributed by atoms with Crippen molar-refractivity contribution in [2.24, 2.45) is 0 Å². The Labute approximate surface area is 154 Å². The SMILES string of the molecule is CCOCC(NC(=O)OC(C)(C)C)c1cc(NS(=O)(=O)C2CC2)ccn1. The molecule has 0 aliphatic heterocycles. The van der Waals surface area contributed by atoms with Crippen molar-refractivity contribution in [2.45, 2.75) is 57.4 Å². The van der Waals surface area contributed by atoms with Crippen LogP contribution in [-0.4, -0.2) is 43.6 Å². The van der Waals surface area contributed by atoms with Crippen LogP contribution in [0.5, 0.6) is 0 Å². The van der Waals surface area contributed by atoms with Crippen LogP contribution in [0.3, 0.4) is 0 Å². The largest absolute Gasteiger partial charge is 0.444 e. The third kappa shape index (κ3) is 6.45. The molecule has 1 heterocycles. The molecule has 1 aromatic heterocycles. The second kappa shape index (κ2) is 8.22. The Balaban J connectivity index is 2.13. The summed E-state index contributed by atoms with van der Waals surface area (Å²) in [4.78, 5) is 16.3. The molecule has 0 spiro atoms. The number of pyridine rings is 1. The monoisotopic (exact) mass is 385 g/mol. The Hall–Kier alpha value is -1.87. The number of carbonyl (C=O) groups excluding carboxylic acids is 1. The summed E-state index contributed by atoms with van der Waals surface area (Å²) in [7, 11) is -3.37. The standard InChI is InChI=1S/C17H27N3O5S/c1-5-24-11-15(19-16(21)25-17(2,3)4)14-10-12(8-9-18-14)20-26(22,23)13-6-7-13/h8-10,13,15H,5-7,11H2,1-4H3,(H,18,20)(H,19,21). The van der Waals surface area contributed by atoms with Gasteiger partial charge in [-0.1, -0.05) is 0 Å². The smallest absolute Gasteiger partial charge is 0.408 e. The summed E-state index contributed by atoms with van der Waals surface area (Å²) in [5.74, 6) is 0. The van der Waals surface area contributed by atoms with Crippen molar-refractivity contribution in [1.29, 1.82) is 0 Å². The van der Waals surface area contributed by atoms with Crippen molar-refractivity contribution < 1.29 is 22.7 Å². The summed E-state index contributed by atoms with van der Waals surface area (Å²) in [5.41, 5.74) is 0.268. The third-order valence-corrected chi connectivity index (χ3v) is 5.41. The van der Waals surface area contributed by atoms with E-state index in [1.807, 2.05) is 6.92 Å². The van der Waals surface area contributed by atoms with Gasteiger partial charge >= 0.3 is 6.09 Å². The number of carbonyl (C=O) groups is 1. The van der Waals surface area contributed by atoms with E-state index < -0.39 is 27.8 Å². The molecule has 0 saturated heterocycles. The van der Waals surface area contributed by atoms with Gasteiger partial charge in [0, 0.05) is 12.8 Å². The fraction of sp³-hybridized carbons (Fsp3) is 0.647. The predicted octanol–water partition coefficient (Wildman–Crippen LogP) is 2.59. The maximum atomic E-state index is 12.1. The minimum absolute atomic E-state index is 0.196. The number of nitrogens with one attached hydrogen (secondary N) is 2. The Morgan fingerprint density at radius 2 is 2.08 bits per heavy atom. The summed E-state index contributed by atoms with van der Waals surface area (Å²) in [6.45, 7) is 7.83. The topological polar surface area (TPSA) is 107 Å². The van der Waals surface area contributed by atoms with E-state index in [0.29, 0.717) is 30.8 Å². The predicted molar refractivity (Wildman–Crippen MR) is 98.4 cm³/mol. The lowest BCUT2D eigenvalue weighted by Crippen LogP contribution is -2.37. The van der Waals surface area contributed by atoms with E-state index in [9.17, 15) is 13.2 Å². The Kier molecular flexibility index (Phi) is 6.46. The lowest BCUT2D eigenvalue weighted by Gasteiger charge is -2.23. The number of hydrogen-bond donors (Lipinski definition) is 2. The molecule has 1 fully saturated rings. The molecule has 0 radical (unpaired) electrons. The van der Waals surface area contributed by atoms with Gasteiger partial charge < -0.3 is 14.8 Å². The lowest BCUT2D eigenvalue weighted by molar-refractivity contribution is 0.0445. The quantitative estimate of drug-likeness (QED) is 0.712. The van der Waals surface area contributed by atoms with Gasteiger partial charge in [-0.25, -0.2) is 13.2 Å². The first-order chi connectivity index (χ1) is 12.1. The zero-order valence-electron chi connectivity index (χ0n) is 15.6. The number of nitrogens with zero attached hydrogens (tertiary/aromatic N) is 1. The molecule has 0 aromatic carbocycles. The number of hydrogen-bond acceptors (Lipinski definition) is 6. The molecule has 146 valence electrons. The molecule has 8 nitrogen and oxygen atoms in total. The summed E-state index contributed by atoms with van der Waals surface area (Å²) < 4.78 is 37.5. The van der Waals surface area contributed by atoms with Gasteiger partial charge in [-0.05, 0) is 52.7 Å². The van der Waals surface area contributed by atoms with Gasteiger partial charge in [0.15, 0.2) is 0 Å². The Bertz CT molecular complexity index is 726. The van der Waals surface area contributed by atoms with Crippen LogP contribution in [0.25, 0.3) is 0 Å². The van der Waals surface area contributed by atoms with E-state index in [1.165, 1.54) is 6.20 Å². The molecule has 2 N–H and O–H groups in total. The van der Waals surface area contributed by atoms with Gasteiger partial charge in [0.2, 0.25) is 10.0 Å². The van der Waals surface area contributed by atoms with Crippen molar-refractivity contribution in [3.8, 4) is 0 Å². The number of sulfonamides is 1. The summed E-state index contributed by atoms with van der Waals surface area (Å²) >= 11 is 0. The number of amides is 1. The number of anilines is 1. The molecule has 1 saturated carbocycles. The molecule has 1 aliphatic rings. The van der Waals surface area contributed by atoms with Crippen LogP contribution in [0.2, 0.25) is 0 Å². The molecule has 1 atom stereocenters. The summed E-state index contributed by atoms with van der Waals surface area (Å²) in [5, 5.41) is 2.40. The van der Waals surface area contributed by atoms with E-state index >= 15 is 0 Å². The van der Waals surface area contributed by atoms with Gasteiger partial charge in [0.25, 0.3) is 0 Å². The van der Waals surface area contributed by atoms with E-state index in [-0.39, 0.29) is 11.9 Å². The first kappa shape index (κ1) is 20.4. The number of rotatable bonds is 8. The average molecular weight is 385 g/mol. The third-order valence-electron chi connectivity index (χ3n) is 3.54. The summed E-state index contributed by atoms with van der Waals surface area (Å²) in [6.07, 6.45) is 2.27. The maximum Gasteiger partial charge on any atom is 0.408 e. The number of aromatic nitrogens is 1. The molecule has 1 unspecified atom stereocenters. The molecular formula is C17H27N3O5S. The first-order valence-electron chi connectivity index (χ1n) is 8.65. The molecule has 1 aromatic rings. The minimum Gasteiger partial charge on any atom is -0.444 e. The highest BCUT2D eigenvalue weighted by Crippen LogP contribution is 2.30. The zero-order chi connectivity index (χ0) is 19.4. The first-order valence-corrected chi connectivity index (χ1v) is 10.2. The highest BCUT2D eigenvalue weighted by atomic mass is 32.2. The van der Waals surface area contributed by atoms with E-state index in [1.54, 1.807) is 32.9 Å². The summed E-state index contributed by atoms with van der Waals surface area (Å²) in [6, 6.07) is 2.62. The van der Waals surface area contributed by atoms with Crippen molar-refractivity contribution in [1.82, 2.24) is 10.3 Å². The van der Waals surface area contributed by atoms with Crippen molar-refractivity contribution >= 4 is 21.8 Å². The normalized spacial score (nSPS) is 16.0. The van der Waals surface area contributed by atoms with Crippen LogP contribution in [0.1, 0.15) is 52.3 Å². The lowest BCUT2D eigenvalue weighted by atomic mass is 10.2. The van der Waals surface area contributed by atoms with Crippen molar-refractivity contribution in [3.05, 3.63) is 24.0 Å².